The summed E-state index contributed by atoms with van der Waals surface area (Å²) in [4.78, 5) is 23.3. The number of nitrogens with one attached hydrogen (secondary N) is 2. The maximum absolute atomic E-state index is 11.9. The molecule has 0 aliphatic heterocycles. The van der Waals surface area contributed by atoms with E-state index in [9.17, 15) is 9.59 Å². The summed E-state index contributed by atoms with van der Waals surface area (Å²) >= 11 is 0. The molecular formula is C14H17N3O3. The first-order valence-corrected chi connectivity index (χ1v) is 6.32. The Morgan fingerprint density at radius 3 is 2.75 bits per heavy atom. The fourth-order valence-corrected chi connectivity index (χ4v) is 1.79. The minimum absolute atomic E-state index is 0.0357. The lowest BCUT2D eigenvalue weighted by Crippen LogP contribution is -2.39. The number of benzene rings is 1. The van der Waals surface area contributed by atoms with Crippen molar-refractivity contribution in [3.05, 3.63) is 30.0 Å². The molecule has 0 aliphatic carbocycles. The first-order chi connectivity index (χ1) is 9.45. The molecule has 0 spiro atoms. The SMILES string of the molecule is CC(C)NC(=O)CNC(=O)c1cc2cc(N)ccc2o1. The molecule has 0 saturated carbocycles. The van der Waals surface area contributed by atoms with Crippen LogP contribution in [0, 0.1) is 0 Å². The van der Waals surface area contributed by atoms with E-state index in [1.165, 1.54) is 0 Å². The number of fused-ring (bicyclic) bond motifs is 1. The number of nitrogen functional groups attached to an aromatic ring is 1. The van der Waals surface area contributed by atoms with Crippen molar-refractivity contribution in [2.45, 2.75) is 19.9 Å². The van der Waals surface area contributed by atoms with Crippen molar-refractivity contribution in [1.29, 1.82) is 0 Å². The van der Waals surface area contributed by atoms with E-state index in [-0.39, 0.29) is 24.3 Å². The monoisotopic (exact) mass is 275 g/mol. The maximum Gasteiger partial charge on any atom is 0.287 e. The van der Waals surface area contributed by atoms with Crippen LogP contribution >= 0.6 is 0 Å². The van der Waals surface area contributed by atoms with Crippen LogP contribution < -0.4 is 16.4 Å². The molecule has 0 unspecified atom stereocenters. The molecule has 0 aliphatic rings. The summed E-state index contributed by atoms with van der Waals surface area (Å²) in [6.07, 6.45) is 0. The van der Waals surface area contributed by atoms with E-state index < -0.39 is 5.91 Å². The Labute approximate surface area is 116 Å². The topological polar surface area (TPSA) is 97.4 Å². The second kappa shape index (κ2) is 5.64. The summed E-state index contributed by atoms with van der Waals surface area (Å²) in [6.45, 7) is 3.61. The number of hydrogen-bond donors (Lipinski definition) is 3. The molecule has 0 radical (unpaired) electrons. The van der Waals surface area contributed by atoms with Gasteiger partial charge in [-0.25, -0.2) is 0 Å². The Morgan fingerprint density at radius 1 is 1.30 bits per heavy atom. The largest absolute Gasteiger partial charge is 0.451 e. The van der Waals surface area contributed by atoms with E-state index in [0.717, 1.165) is 5.39 Å². The average molecular weight is 275 g/mol. The first-order valence-electron chi connectivity index (χ1n) is 6.32. The molecule has 0 bridgehead atoms. The second-order valence-corrected chi connectivity index (χ2v) is 4.81. The average Bonchev–Trinajstić information content (AvgIpc) is 2.78. The normalized spacial score (nSPS) is 10.8. The maximum atomic E-state index is 11.9. The van der Waals surface area contributed by atoms with Crippen LogP contribution in [0.1, 0.15) is 24.4 Å². The smallest absolute Gasteiger partial charge is 0.287 e. The predicted octanol–water partition coefficient (Wildman–Crippen LogP) is 1.27. The summed E-state index contributed by atoms with van der Waals surface area (Å²) in [7, 11) is 0. The molecule has 4 N–H and O–H groups in total. The van der Waals surface area contributed by atoms with Crippen LogP contribution in [0.2, 0.25) is 0 Å². The summed E-state index contributed by atoms with van der Waals surface area (Å²) in [5.74, 6) is -0.518. The number of nitrogens with two attached hydrogens (primary N) is 1. The van der Waals surface area contributed by atoms with Crippen LogP contribution in [0.4, 0.5) is 5.69 Å². The van der Waals surface area contributed by atoms with Crippen molar-refractivity contribution in [3.8, 4) is 0 Å². The zero-order valence-electron chi connectivity index (χ0n) is 11.4. The number of carbonyl (C=O) groups excluding carboxylic acids is 2. The number of carbonyl (C=O) groups is 2. The number of amides is 2. The summed E-state index contributed by atoms with van der Waals surface area (Å²) in [6, 6.07) is 6.76. The van der Waals surface area contributed by atoms with Crippen LogP contribution in [0.3, 0.4) is 0 Å². The van der Waals surface area contributed by atoms with E-state index in [2.05, 4.69) is 10.6 Å². The Morgan fingerprint density at radius 2 is 2.05 bits per heavy atom. The molecule has 1 aromatic carbocycles. The summed E-state index contributed by atoms with van der Waals surface area (Å²) in [5.41, 5.74) is 6.84. The highest BCUT2D eigenvalue weighted by Gasteiger charge is 2.13. The van der Waals surface area contributed by atoms with E-state index in [1.54, 1.807) is 24.3 Å². The number of rotatable bonds is 4. The summed E-state index contributed by atoms with van der Waals surface area (Å²) < 4.78 is 5.40. The van der Waals surface area contributed by atoms with Gasteiger partial charge in [0.15, 0.2) is 5.76 Å². The lowest BCUT2D eigenvalue weighted by atomic mass is 10.2. The highest BCUT2D eigenvalue weighted by Crippen LogP contribution is 2.21. The molecule has 0 saturated heterocycles. The lowest BCUT2D eigenvalue weighted by Gasteiger charge is -2.08. The molecule has 1 heterocycles. The third kappa shape index (κ3) is 3.28. The molecule has 1 aromatic heterocycles. The van der Waals surface area contributed by atoms with Gasteiger partial charge in [0.1, 0.15) is 5.58 Å². The van der Waals surface area contributed by atoms with Crippen molar-refractivity contribution in [2.75, 3.05) is 12.3 Å². The quantitative estimate of drug-likeness (QED) is 0.732. The zero-order valence-corrected chi connectivity index (χ0v) is 11.4. The van der Waals surface area contributed by atoms with Gasteiger partial charge in [-0.05, 0) is 38.1 Å². The molecule has 0 fully saturated rings. The molecular weight excluding hydrogens is 258 g/mol. The van der Waals surface area contributed by atoms with Gasteiger partial charge in [0, 0.05) is 17.1 Å². The van der Waals surface area contributed by atoms with E-state index >= 15 is 0 Å². The fourth-order valence-electron chi connectivity index (χ4n) is 1.79. The molecule has 106 valence electrons. The van der Waals surface area contributed by atoms with Gasteiger partial charge in [-0.1, -0.05) is 0 Å². The van der Waals surface area contributed by atoms with Gasteiger partial charge < -0.3 is 20.8 Å². The first kappa shape index (κ1) is 13.9. The van der Waals surface area contributed by atoms with Gasteiger partial charge >= 0.3 is 0 Å². The molecule has 6 nitrogen and oxygen atoms in total. The van der Waals surface area contributed by atoms with E-state index in [1.807, 2.05) is 13.8 Å². The van der Waals surface area contributed by atoms with Crippen molar-refractivity contribution < 1.29 is 14.0 Å². The fraction of sp³-hybridized carbons (Fsp3) is 0.286. The number of anilines is 1. The third-order valence-corrected chi connectivity index (χ3v) is 2.62. The van der Waals surface area contributed by atoms with Gasteiger partial charge in [0.25, 0.3) is 5.91 Å². The predicted molar refractivity (Wildman–Crippen MR) is 76.2 cm³/mol. The molecule has 0 atom stereocenters. The number of furan rings is 1. The minimum atomic E-state index is -0.432. The molecule has 2 rings (SSSR count). The van der Waals surface area contributed by atoms with Gasteiger partial charge in [-0.3, -0.25) is 9.59 Å². The zero-order chi connectivity index (χ0) is 14.7. The van der Waals surface area contributed by atoms with Gasteiger partial charge in [-0.2, -0.15) is 0 Å². The van der Waals surface area contributed by atoms with Gasteiger partial charge in [0.2, 0.25) is 5.91 Å². The Bertz CT molecular complexity index is 646. The molecule has 2 aromatic rings. The second-order valence-electron chi connectivity index (χ2n) is 4.81. The molecule has 2 amide bonds. The Balaban J connectivity index is 2.02. The highest BCUT2D eigenvalue weighted by atomic mass is 16.3. The highest BCUT2D eigenvalue weighted by molar-refractivity contribution is 5.98. The van der Waals surface area contributed by atoms with Crippen molar-refractivity contribution >= 4 is 28.5 Å². The summed E-state index contributed by atoms with van der Waals surface area (Å²) in [5, 5.41) is 5.94. The van der Waals surface area contributed by atoms with Gasteiger partial charge in [0.05, 0.1) is 6.54 Å². The standard InChI is InChI=1S/C14H17N3O3/c1-8(2)17-13(18)7-16-14(19)12-6-9-5-10(15)3-4-11(9)20-12/h3-6,8H,7,15H2,1-2H3,(H,16,19)(H,17,18). The Hall–Kier alpha value is -2.50. The van der Waals surface area contributed by atoms with Gasteiger partial charge in [-0.15, -0.1) is 0 Å². The van der Waals surface area contributed by atoms with Crippen LogP contribution in [0.5, 0.6) is 0 Å². The van der Waals surface area contributed by atoms with Crippen molar-refractivity contribution in [3.63, 3.8) is 0 Å². The lowest BCUT2D eigenvalue weighted by molar-refractivity contribution is -0.120. The molecule has 20 heavy (non-hydrogen) atoms. The van der Waals surface area contributed by atoms with Crippen LogP contribution in [0.25, 0.3) is 11.0 Å². The van der Waals surface area contributed by atoms with Crippen LogP contribution in [0.15, 0.2) is 28.7 Å². The molecule has 6 heteroatoms. The van der Waals surface area contributed by atoms with Crippen molar-refractivity contribution in [1.82, 2.24) is 10.6 Å². The Kier molecular flexibility index (Phi) is 3.93. The van der Waals surface area contributed by atoms with Crippen LogP contribution in [-0.4, -0.2) is 24.4 Å². The number of hydrogen-bond acceptors (Lipinski definition) is 4. The van der Waals surface area contributed by atoms with E-state index in [4.69, 9.17) is 10.2 Å². The van der Waals surface area contributed by atoms with E-state index in [0.29, 0.717) is 11.3 Å². The third-order valence-electron chi connectivity index (χ3n) is 2.62. The minimum Gasteiger partial charge on any atom is -0.451 e. The van der Waals surface area contributed by atoms with Crippen LogP contribution in [-0.2, 0) is 4.79 Å². The van der Waals surface area contributed by atoms with Crippen molar-refractivity contribution in [2.24, 2.45) is 0 Å².